The second kappa shape index (κ2) is 23.6. The van der Waals surface area contributed by atoms with Gasteiger partial charge in [-0.15, -0.1) is 0 Å². The molecule has 0 aromatic heterocycles. The van der Waals surface area contributed by atoms with Gasteiger partial charge in [-0.25, -0.2) is 0 Å². The zero-order chi connectivity index (χ0) is 36.8. The molecule has 0 bridgehead atoms. The molecule has 0 aliphatic heterocycles. The fourth-order valence-electron chi connectivity index (χ4n) is 6.02. The Balaban J connectivity index is 1.60. The summed E-state index contributed by atoms with van der Waals surface area (Å²) in [5, 5.41) is 11.3. The van der Waals surface area contributed by atoms with E-state index in [-0.39, 0.29) is 17.2 Å². The van der Waals surface area contributed by atoms with Crippen molar-refractivity contribution >= 4 is 8.32 Å². The maximum atomic E-state index is 11.2. The number of rotatable bonds is 24. The van der Waals surface area contributed by atoms with Gasteiger partial charge < -0.3 is 19.0 Å². The molecule has 0 aliphatic rings. The van der Waals surface area contributed by atoms with Crippen molar-refractivity contribution < 1.29 is 19.0 Å². The highest BCUT2D eigenvalue weighted by Gasteiger charge is 2.39. The van der Waals surface area contributed by atoms with Gasteiger partial charge in [0.05, 0.1) is 12.7 Å². The van der Waals surface area contributed by atoms with Crippen LogP contribution in [-0.4, -0.2) is 31.7 Å². The van der Waals surface area contributed by atoms with Gasteiger partial charge in [-0.2, -0.15) is 0 Å². The second-order valence-electron chi connectivity index (χ2n) is 15.8. The van der Waals surface area contributed by atoms with Gasteiger partial charge in [-0.1, -0.05) is 171 Å². The standard InChI is InChI=1S/C46H68O4Si/c1-7-8-9-10-11-12-13-14-15-16-23-28-44(50-51(5,6)46(2,3)4)36-45(49-38-41-26-21-18-22-27-41)35-42(47)32-29-39-30-33-43(34-31-39)48-37-40-24-19-17-20-25-40/h17-22,24-27,30-31,33-34,42,44-45,47H,7-16,23,28,35-38H2,1-6H3/t42?,44-,45+/m1/s1. The van der Waals surface area contributed by atoms with E-state index in [1.54, 1.807) is 0 Å². The van der Waals surface area contributed by atoms with Crippen molar-refractivity contribution in [1.29, 1.82) is 0 Å². The molecule has 0 amide bonds. The molecule has 3 aromatic rings. The normalized spacial score (nSPS) is 13.6. The van der Waals surface area contributed by atoms with Crippen LogP contribution in [0.15, 0.2) is 84.9 Å². The first-order valence-electron chi connectivity index (χ1n) is 19.9. The van der Waals surface area contributed by atoms with Crippen LogP contribution in [0.25, 0.3) is 0 Å². The maximum absolute atomic E-state index is 11.2. The molecule has 0 spiro atoms. The smallest absolute Gasteiger partial charge is 0.192 e. The third kappa shape index (κ3) is 17.9. The Bertz CT molecular complexity index is 1370. The molecule has 51 heavy (non-hydrogen) atoms. The largest absolute Gasteiger partial charge is 0.489 e. The highest BCUT2D eigenvalue weighted by Crippen LogP contribution is 2.38. The summed E-state index contributed by atoms with van der Waals surface area (Å²) in [5.74, 6) is 7.07. The molecule has 0 saturated carbocycles. The predicted octanol–water partition coefficient (Wildman–Crippen LogP) is 12.4. The predicted molar refractivity (Wildman–Crippen MR) is 218 cm³/mol. The molecular weight excluding hydrogens is 645 g/mol. The van der Waals surface area contributed by atoms with Crippen molar-refractivity contribution in [2.45, 2.75) is 167 Å². The van der Waals surface area contributed by atoms with Crippen molar-refractivity contribution in [2.24, 2.45) is 0 Å². The average Bonchev–Trinajstić information content (AvgIpc) is 3.11. The van der Waals surface area contributed by atoms with Gasteiger partial charge in [-0.3, -0.25) is 0 Å². The van der Waals surface area contributed by atoms with Crippen molar-refractivity contribution in [2.75, 3.05) is 0 Å². The van der Waals surface area contributed by atoms with E-state index in [1.165, 1.54) is 64.2 Å². The first kappa shape index (κ1) is 42.5. The zero-order valence-electron chi connectivity index (χ0n) is 32.8. The molecule has 0 fully saturated rings. The Hall–Kier alpha value is -2.88. The Morgan fingerprint density at radius 3 is 1.73 bits per heavy atom. The molecule has 3 atom stereocenters. The van der Waals surface area contributed by atoms with E-state index in [1.807, 2.05) is 60.7 Å². The van der Waals surface area contributed by atoms with Gasteiger partial charge in [0.2, 0.25) is 0 Å². The van der Waals surface area contributed by atoms with Crippen molar-refractivity contribution in [3.63, 3.8) is 0 Å². The van der Waals surface area contributed by atoms with Crippen molar-refractivity contribution in [1.82, 2.24) is 0 Å². The number of hydrogen-bond acceptors (Lipinski definition) is 4. The van der Waals surface area contributed by atoms with E-state index in [2.05, 4.69) is 76.9 Å². The number of hydrogen-bond donors (Lipinski definition) is 1. The SMILES string of the molecule is CCCCCCCCCCCCC[C@H](C[C@H](CC(O)C#Cc1ccc(OCc2ccccc2)cc1)OCc1ccccc1)O[Si](C)(C)C(C)(C)C. The lowest BCUT2D eigenvalue weighted by Gasteiger charge is -2.40. The van der Waals surface area contributed by atoms with E-state index in [0.29, 0.717) is 19.6 Å². The van der Waals surface area contributed by atoms with Crippen molar-refractivity contribution in [3.8, 4) is 17.6 Å². The molecule has 5 heteroatoms. The molecule has 3 rings (SSSR count). The maximum Gasteiger partial charge on any atom is 0.192 e. The molecule has 280 valence electrons. The van der Waals surface area contributed by atoms with Gasteiger partial charge in [-0.05, 0) is 66.4 Å². The fraction of sp³-hybridized carbons (Fsp3) is 0.565. The number of benzene rings is 3. The average molecular weight is 713 g/mol. The number of aliphatic hydroxyl groups excluding tert-OH is 1. The van der Waals surface area contributed by atoms with Crippen LogP contribution in [-0.2, 0) is 22.4 Å². The number of unbranched alkanes of at least 4 members (excludes halogenated alkanes) is 10. The monoisotopic (exact) mass is 712 g/mol. The van der Waals surface area contributed by atoms with Crippen LogP contribution in [0.5, 0.6) is 5.75 Å². The molecular formula is C46H68O4Si. The minimum Gasteiger partial charge on any atom is -0.489 e. The van der Waals surface area contributed by atoms with Crippen LogP contribution in [0, 0.1) is 11.8 Å². The lowest BCUT2D eigenvalue weighted by atomic mass is 10.00. The molecule has 0 saturated heterocycles. The molecule has 4 nitrogen and oxygen atoms in total. The summed E-state index contributed by atoms with van der Waals surface area (Å²) < 4.78 is 19.6. The minimum absolute atomic E-state index is 0.0915. The highest BCUT2D eigenvalue weighted by molar-refractivity contribution is 6.74. The van der Waals surface area contributed by atoms with Crippen molar-refractivity contribution in [3.05, 3.63) is 102 Å². The summed E-state index contributed by atoms with van der Waals surface area (Å²) in [5.41, 5.74) is 3.10. The summed E-state index contributed by atoms with van der Waals surface area (Å²) in [6.45, 7) is 14.9. The third-order valence-corrected chi connectivity index (χ3v) is 14.8. The van der Waals surface area contributed by atoms with E-state index < -0.39 is 14.4 Å². The Morgan fingerprint density at radius 1 is 0.647 bits per heavy atom. The van der Waals surface area contributed by atoms with Crippen LogP contribution in [0.3, 0.4) is 0 Å². The lowest BCUT2D eigenvalue weighted by Crippen LogP contribution is -2.45. The Labute approximate surface area is 312 Å². The van der Waals surface area contributed by atoms with Crippen LogP contribution in [0.1, 0.15) is 134 Å². The fourth-order valence-corrected chi connectivity index (χ4v) is 7.42. The number of aliphatic hydroxyl groups is 1. The minimum atomic E-state index is -2.01. The second-order valence-corrected chi connectivity index (χ2v) is 20.6. The number of ether oxygens (including phenoxy) is 2. The van der Waals surface area contributed by atoms with Gasteiger partial charge >= 0.3 is 0 Å². The molecule has 1 unspecified atom stereocenters. The molecule has 1 N–H and O–H groups in total. The highest BCUT2D eigenvalue weighted by atomic mass is 28.4. The lowest BCUT2D eigenvalue weighted by molar-refractivity contribution is -0.0149. The summed E-state index contributed by atoms with van der Waals surface area (Å²) in [6.07, 6.45) is 16.0. The van der Waals surface area contributed by atoms with Crippen LogP contribution in [0.4, 0.5) is 0 Å². The van der Waals surface area contributed by atoms with E-state index in [9.17, 15) is 5.11 Å². The first-order chi connectivity index (χ1) is 24.6. The summed E-state index contributed by atoms with van der Waals surface area (Å²) in [6, 6.07) is 28.2. The topological polar surface area (TPSA) is 47.9 Å². The molecule has 0 radical (unpaired) electrons. The van der Waals surface area contributed by atoms with Crippen LogP contribution in [0.2, 0.25) is 18.1 Å². The Kier molecular flexibility index (Phi) is 19.7. The van der Waals surface area contributed by atoms with E-state index in [0.717, 1.165) is 41.7 Å². The summed E-state index contributed by atoms with van der Waals surface area (Å²) in [4.78, 5) is 0. The Morgan fingerprint density at radius 2 is 1.18 bits per heavy atom. The first-order valence-corrected chi connectivity index (χ1v) is 22.8. The van der Waals surface area contributed by atoms with Crippen LogP contribution >= 0.6 is 0 Å². The summed E-state index contributed by atoms with van der Waals surface area (Å²) >= 11 is 0. The van der Waals surface area contributed by atoms with E-state index >= 15 is 0 Å². The zero-order valence-corrected chi connectivity index (χ0v) is 33.8. The van der Waals surface area contributed by atoms with Gasteiger partial charge in [0.1, 0.15) is 18.5 Å². The summed E-state index contributed by atoms with van der Waals surface area (Å²) in [7, 11) is -2.01. The third-order valence-electron chi connectivity index (χ3n) is 10.2. The quantitative estimate of drug-likeness (QED) is 0.0571. The van der Waals surface area contributed by atoms with Gasteiger partial charge in [0.15, 0.2) is 8.32 Å². The van der Waals surface area contributed by atoms with Gasteiger partial charge in [0, 0.05) is 18.1 Å². The molecule has 0 heterocycles. The van der Waals surface area contributed by atoms with Crippen LogP contribution < -0.4 is 4.74 Å². The van der Waals surface area contributed by atoms with E-state index in [4.69, 9.17) is 13.9 Å². The van der Waals surface area contributed by atoms with Gasteiger partial charge in [0.25, 0.3) is 0 Å². The molecule has 0 aliphatic carbocycles. The molecule has 3 aromatic carbocycles.